The van der Waals surface area contributed by atoms with Crippen molar-refractivity contribution in [2.45, 2.75) is 6.42 Å². The fraction of sp³-hybridized carbons (Fsp3) is 0.167. The fourth-order valence-electron chi connectivity index (χ4n) is 2.66. The zero-order valence-corrected chi connectivity index (χ0v) is 14.3. The van der Waals surface area contributed by atoms with Crippen LogP contribution < -0.4 is 10.2 Å². The smallest absolute Gasteiger partial charge is 0.229 e. The Labute approximate surface area is 148 Å². The Balaban J connectivity index is 1.69. The van der Waals surface area contributed by atoms with Crippen molar-refractivity contribution in [3.8, 4) is 6.07 Å². The van der Waals surface area contributed by atoms with Crippen LogP contribution in [0.25, 0.3) is 0 Å². The highest BCUT2D eigenvalue weighted by Crippen LogP contribution is 2.26. The molecule has 2 aromatic carbocycles. The molecule has 1 heterocycles. The van der Waals surface area contributed by atoms with Crippen molar-refractivity contribution in [1.29, 1.82) is 5.26 Å². The molecule has 6 heteroatoms. The first-order valence-electron chi connectivity index (χ1n) is 7.44. The van der Waals surface area contributed by atoms with Gasteiger partial charge in [0.2, 0.25) is 11.8 Å². The van der Waals surface area contributed by atoms with Crippen molar-refractivity contribution in [2.24, 2.45) is 5.92 Å². The number of rotatable bonds is 3. The average Bonchev–Trinajstić information content (AvgIpc) is 2.97. The summed E-state index contributed by atoms with van der Waals surface area (Å²) in [6.07, 6.45) is 0.180. The van der Waals surface area contributed by atoms with Crippen LogP contribution >= 0.6 is 15.9 Å². The van der Waals surface area contributed by atoms with Crippen molar-refractivity contribution in [3.05, 3.63) is 58.6 Å². The van der Waals surface area contributed by atoms with E-state index in [1.807, 2.05) is 24.3 Å². The lowest BCUT2D eigenvalue weighted by molar-refractivity contribution is -0.122. The molecule has 1 unspecified atom stereocenters. The minimum Gasteiger partial charge on any atom is -0.326 e. The van der Waals surface area contributed by atoms with Crippen molar-refractivity contribution in [1.82, 2.24) is 0 Å². The third kappa shape index (κ3) is 3.47. The molecule has 1 atom stereocenters. The Morgan fingerprint density at radius 1 is 1.25 bits per heavy atom. The van der Waals surface area contributed by atoms with Crippen molar-refractivity contribution >= 4 is 39.1 Å². The second-order valence-corrected chi connectivity index (χ2v) is 6.48. The van der Waals surface area contributed by atoms with Gasteiger partial charge in [-0.2, -0.15) is 5.26 Å². The predicted molar refractivity (Wildman–Crippen MR) is 94.4 cm³/mol. The van der Waals surface area contributed by atoms with E-state index in [2.05, 4.69) is 21.2 Å². The quantitative estimate of drug-likeness (QED) is 0.883. The van der Waals surface area contributed by atoms with Gasteiger partial charge in [0.25, 0.3) is 0 Å². The standard InChI is InChI=1S/C18H14BrN3O2/c19-14-2-1-3-15(9-14)21-18(24)13-8-17(23)22(11-13)16-6-4-12(10-20)5-7-16/h1-7,9,13H,8,11H2,(H,21,24). The van der Waals surface area contributed by atoms with Gasteiger partial charge in [-0.05, 0) is 42.5 Å². The topological polar surface area (TPSA) is 73.2 Å². The number of benzene rings is 2. The number of carbonyl (C=O) groups is 2. The monoisotopic (exact) mass is 383 g/mol. The third-order valence-electron chi connectivity index (χ3n) is 3.90. The molecule has 120 valence electrons. The molecule has 0 spiro atoms. The molecular weight excluding hydrogens is 370 g/mol. The lowest BCUT2D eigenvalue weighted by Gasteiger charge is -2.16. The first-order chi connectivity index (χ1) is 11.6. The summed E-state index contributed by atoms with van der Waals surface area (Å²) >= 11 is 3.36. The Kier molecular flexibility index (Phi) is 4.63. The van der Waals surface area contributed by atoms with Crippen LogP contribution in [0.4, 0.5) is 11.4 Å². The van der Waals surface area contributed by atoms with Crippen LogP contribution in [0.5, 0.6) is 0 Å². The number of amides is 2. The number of hydrogen-bond acceptors (Lipinski definition) is 3. The fourth-order valence-corrected chi connectivity index (χ4v) is 3.06. The molecule has 1 aliphatic rings. The van der Waals surface area contributed by atoms with Gasteiger partial charge >= 0.3 is 0 Å². The van der Waals surface area contributed by atoms with E-state index in [0.717, 1.165) is 4.47 Å². The van der Waals surface area contributed by atoms with Gasteiger partial charge in [0.1, 0.15) is 0 Å². The number of nitrogens with zero attached hydrogens (tertiary/aromatic N) is 2. The Morgan fingerprint density at radius 2 is 2.00 bits per heavy atom. The molecule has 24 heavy (non-hydrogen) atoms. The first-order valence-corrected chi connectivity index (χ1v) is 8.23. The minimum atomic E-state index is -0.396. The highest BCUT2D eigenvalue weighted by atomic mass is 79.9. The Bertz CT molecular complexity index is 827. The van der Waals surface area contributed by atoms with Crippen LogP contribution in [0.3, 0.4) is 0 Å². The van der Waals surface area contributed by atoms with E-state index in [0.29, 0.717) is 23.5 Å². The number of nitrogens with one attached hydrogen (secondary N) is 1. The van der Waals surface area contributed by atoms with Gasteiger partial charge in [-0.25, -0.2) is 0 Å². The molecule has 0 saturated carbocycles. The average molecular weight is 384 g/mol. The largest absolute Gasteiger partial charge is 0.326 e. The molecule has 2 aromatic rings. The van der Waals surface area contributed by atoms with Crippen LogP contribution in [0.2, 0.25) is 0 Å². The van der Waals surface area contributed by atoms with Gasteiger partial charge in [-0.3, -0.25) is 9.59 Å². The van der Waals surface area contributed by atoms with Gasteiger partial charge in [0, 0.05) is 28.8 Å². The van der Waals surface area contributed by atoms with Crippen LogP contribution in [-0.2, 0) is 9.59 Å². The summed E-state index contributed by atoms with van der Waals surface area (Å²) in [5.74, 6) is -0.654. The second kappa shape index (κ2) is 6.85. The Morgan fingerprint density at radius 3 is 2.67 bits per heavy atom. The van der Waals surface area contributed by atoms with Crippen LogP contribution in [0.1, 0.15) is 12.0 Å². The number of halogens is 1. The van der Waals surface area contributed by atoms with Gasteiger partial charge in [-0.1, -0.05) is 22.0 Å². The summed E-state index contributed by atoms with van der Waals surface area (Å²) in [6.45, 7) is 0.338. The zero-order valence-electron chi connectivity index (χ0n) is 12.7. The summed E-state index contributed by atoms with van der Waals surface area (Å²) in [6, 6.07) is 16.2. The maximum atomic E-state index is 12.4. The lowest BCUT2D eigenvalue weighted by Crippen LogP contribution is -2.28. The molecule has 1 saturated heterocycles. The van der Waals surface area contributed by atoms with Crippen molar-refractivity contribution < 1.29 is 9.59 Å². The SMILES string of the molecule is N#Cc1ccc(N2CC(C(=O)Nc3cccc(Br)c3)CC2=O)cc1. The molecule has 2 amide bonds. The lowest BCUT2D eigenvalue weighted by atomic mass is 10.1. The summed E-state index contributed by atoms with van der Waals surface area (Å²) < 4.78 is 0.877. The molecule has 0 bridgehead atoms. The second-order valence-electron chi connectivity index (χ2n) is 5.56. The number of nitriles is 1. The van der Waals surface area contributed by atoms with Crippen molar-refractivity contribution in [3.63, 3.8) is 0 Å². The van der Waals surface area contributed by atoms with E-state index in [-0.39, 0.29) is 18.2 Å². The van der Waals surface area contributed by atoms with Crippen molar-refractivity contribution in [2.75, 3.05) is 16.8 Å². The van der Waals surface area contributed by atoms with E-state index >= 15 is 0 Å². The van der Waals surface area contributed by atoms with Gasteiger partial charge < -0.3 is 10.2 Å². The van der Waals surface area contributed by atoms with Crippen LogP contribution in [0.15, 0.2) is 53.0 Å². The summed E-state index contributed by atoms with van der Waals surface area (Å²) in [7, 11) is 0. The van der Waals surface area contributed by atoms with E-state index in [4.69, 9.17) is 5.26 Å². The van der Waals surface area contributed by atoms with E-state index in [1.54, 1.807) is 35.2 Å². The highest BCUT2D eigenvalue weighted by molar-refractivity contribution is 9.10. The summed E-state index contributed by atoms with van der Waals surface area (Å²) in [5, 5.41) is 11.7. The number of carbonyl (C=O) groups excluding carboxylic acids is 2. The zero-order chi connectivity index (χ0) is 17.1. The molecule has 5 nitrogen and oxygen atoms in total. The maximum absolute atomic E-state index is 12.4. The minimum absolute atomic E-state index is 0.0888. The summed E-state index contributed by atoms with van der Waals surface area (Å²) in [5.41, 5.74) is 1.93. The maximum Gasteiger partial charge on any atom is 0.229 e. The normalized spacial score (nSPS) is 16.8. The van der Waals surface area contributed by atoms with E-state index in [9.17, 15) is 9.59 Å². The highest BCUT2D eigenvalue weighted by Gasteiger charge is 2.35. The van der Waals surface area contributed by atoms with E-state index < -0.39 is 5.92 Å². The van der Waals surface area contributed by atoms with E-state index in [1.165, 1.54) is 0 Å². The van der Waals surface area contributed by atoms with Crippen LogP contribution in [-0.4, -0.2) is 18.4 Å². The third-order valence-corrected chi connectivity index (χ3v) is 4.39. The molecule has 0 aromatic heterocycles. The molecule has 1 aliphatic heterocycles. The summed E-state index contributed by atoms with van der Waals surface area (Å²) in [4.78, 5) is 26.2. The van der Waals surface area contributed by atoms with Gasteiger partial charge in [0.05, 0.1) is 17.6 Å². The number of anilines is 2. The number of hydrogen-bond donors (Lipinski definition) is 1. The Hall–Kier alpha value is -2.65. The molecule has 3 rings (SSSR count). The van der Waals surface area contributed by atoms with Gasteiger partial charge in [-0.15, -0.1) is 0 Å². The molecule has 1 fully saturated rings. The predicted octanol–water partition coefficient (Wildman–Crippen LogP) is 3.31. The molecule has 0 radical (unpaired) electrons. The molecular formula is C18H14BrN3O2. The van der Waals surface area contributed by atoms with Gasteiger partial charge in [0.15, 0.2) is 0 Å². The first kappa shape index (κ1) is 16.2. The molecule has 1 N–H and O–H groups in total. The molecule has 0 aliphatic carbocycles. The van der Waals surface area contributed by atoms with Crippen LogP contribution in [0, 0.1) is 17.2 Å².